The van der Waals surface area contributed by atoms with Gasteiger partial charge in [-0.15, -0.1) is 0 Å². The first-order chi connectivity index (χ1) is 15.4. The Balaban J connectivity index is 1.57. The molecule has 3 aromatic rings. The SMILES string of the molecule is CN(C)c1nc(N/N=C/c2cc3c(cc2[N+](=O)[O-])OCO3)nc(Nc2ccc(F)cc2)n1. The first kappa shape index (κ1) is 20.7. The number of hydrazone groups is 1. The Hall–Kier alpha value is -4.55. The molecule has 0 aliphatic carbocycles. The van der Waals surface area contributed by atoms with Crippen LogP contribution in [0.25, 0.3) is 0 Å². The number of nitrogens with zero attached hydrogens (tertiary/aromatic N) is 6. The molecular formula is C19H17FN8O4. The Morgan fingerprint density at radius 3 is 2.50 bits per heavy atom. The van der Waals surface area contributed by atoms with Crippen LogP contribution in [0.2, 0.25) is 0 Å². The Kier molecular flexibility index (Phi) is 5.61. The molecule has 2 aromatic carbocycles. The van der Waals surface area contributed by atoms with E-state index in [2.05, 4.69) is 30.8 Å². The molecule has 0 atom stereocenters. The van der Waals surface area contributed by atoms with Gasteiger partial charge in [0.05, 0.1) is 22.8 Å². The number of benzene rings is 2. The van der Waals surface area contributed by atoms with Crippen molar-refractivity contribution in [2.75, 3.05) is 36.5 Å². The largest absolute Gasteiger partial charge is 0.454 e. The molecule has 12 nitrogen and oxygen atoms in total. The van der Waals surface area contributed by atoms with Gasteiger partial charge in [0, 0.05) is 19.8 Å². The Morgan fingerprint density at radius 2 is 1.81 bits per heavy atom. The van der Waals surface area contributed by atoms with E-state index >= 15 is 0 Å². The van der Waals surface area contributed by atoms with Gasteiger partial charge in [-0.05, 0) is 30.3 Å². The van der Waals surface area contributed by atoms with E-state index in [9.17, 15) is 14.5 Å². The molecule has 0 amide bonds. The van der Waals surface area contributed by atoms with Gasteiger partial charge in [0.2, 0.25) is 24.6 Å². The molecule has 2 N–H and O–H groups in total. The smallest absolute Gasteiger partial charge is 0.282 e. The Bertz CT molecular complexity index is 1190. The average Bonchev–Trinajstić information content (AvgIpc) is 3.22. The number of nitrogens with one attached hydrogen (secondary N) is 2. The lowest BCUT2D eigenvalue weighted by atomic mass is 10.1. The number of halogens is 1. The van der Waals surface area contributed by atoms with Crippen LogP contribution in [-0.4, -0.2) is 47.0 Å². The fourth-order valence-electron chi connectivity index (χ4n) is 2.70. The number of nitro benzene ring substituents is 1. The normalized spacial score (nSPS) is 12.1. The van der Waals surface area contributed by atoms with Gasteiger partial charge in [-0.3, -0.25) is 10.1 Å². The van der Waals surface area contributed by atoms with Crippen LogP contribution in [0.15, 0.2) is 41.5 Å². The molecule has 1 aliphatic rings. The number of nitro groups is 1. The molecule has 0 fully saturated rings. The van der Waals surface area contributed by atoms with E-state index in [1.165, 1.54) is 30.5 Å². The standard InChI is InChI=1S/C19H17FN8O4/c1-27(2)19-24-17(22-13-5-3-12(20)4-6-13)23-18(25-19)26-21-9-11-7-15-16(32-10-31-15)8-14(11)28(29)30/h3-9H,10H2,1-2H3,(H2,22,23,24,25,26)/b21-9+. The molecule has 0 radical (unpaired) electrons. The molecule has 32 heavy (non-hydrogen) atoms. The molecule has 1 aliphatic heterocycles. The maximum atomic E-state index is 13.1. The Morgan fingerprint density at radius 1 is 1.12 bits per heavy atom. The lowest BCUT2D eigenvalue weighted by molar-refractivity contribution is -0.385. The van der Waals surface area contributed by atoms with Gasteiger partial charge in [-0.2, -0.15) is 20.1 Å². The van der Waals surface area contributed by atoms with E-state index in [-0.39, 0.29) is 35.8 Å². The minimum Gasteiger partial charge on any atom is -0.454 e. The minimum atomic E-state index is -0.541. The molecular weight excluding hydrogens is 423 g/mol. The molecule has 0 spiro atoms. The number of hydrogen-bond donors (Lipinski definition) is 2. The summed E-state index contributed by atoms with van der Waals surface area (Å²) in [5.74, 6) is 0.935. The zero-order valence-electron chi connectivity index (χ0n) is 16.9. The highest BCUT2D eigenvalue weighted by Crippen LogP contribution is 2.37. The molecule has 2 heterocycles. The summed E-state index contributed by atoms with van der Waals surface area (Å²) < 4.78 is 23.6. The zero-order chi connectivity index (χ0) is 22.7. The van der Waals surface area contributed by atoms with Gasteiger partial charge in [0.15, 0.2) is 11.5 Å². The second-order valence-electron chi connectivity index (χ2n) is 6.70. The number of hydrogen-bond acceptors (Lipinski definition) is 11. The van der Waals surface area contributed by atoms with Crippen LogP contribution < -0.4 is 25.1 Å². The predicted molar refractivity (Wildman–Crippen MR) is 114 cm³/mol. The molecule has 1 aromatic heterocycles. The number of rotatable bonds is 7. The number of anilines is 4. The highest BCUT2D eigenvalue weighted by Gasteiger charge is 2.22. The number of aromatic nitrogens is 3. The topological polar surface area (TPSA) is 140 Å². The van der Waals surface area contributed by atoms with Crippen molar-refractivity contribution in [3.05, 3.63) is 57.9 Å². The zero-order valence-corrected chi connectivity index (χ0v) is 16.9. The molecule has 0 saturated heterocycles. The second kappa shape index (κ2) is 8.67. The van der Waals surface area contributed by atoms with Crippen LogP contribution in [0.5, 0.6) is 11.5 Å². The summed E-state index contributed by atoms with van der Waals surface area (Å²) in [4.78, 5) is 25.2. The summed E-state index contributed by atoms with van der Waals surface area (Å²) in [6.07, 6.45) is 1.26. The van der Waals surface area contributed by atoms with Crippen LogP contribution in [-0.2, 0) is 0 Å². The van der Waals surface area contributed by atoms with Gasteiger partial charge in [0.25, 0.3) is 5.69 Å². The first-order valence-corrected chi connectivity index (χ1v) is 9.22. The molecule has 0 unspecified atom stereocenters. The highest BCUT2D eigenvalue weighted by atomic mass is 19.1. The predicted octanol–water partition coefficient (Wildman–Crippen LogP) is 2.90. The number of fused-ring (bicyclic) bond motifs is 1. The molecule has 164 valence electrons. The van der Waals surface area contributed by atoms with E-state index in [0.717, 1.165) is 0 Å². The molecule has 0 bridgehead atoms. The van der Waals surface area contributed by atoms with Crippen molar-refractivity contribution in [3.63, 3.8) is 0 Å². The minimum absolute atomic E-state index is 0.00661. The van der Waals surface area contributed by atoms with Gasteiger partial charge >= 0.3 is 0 Å². The van der Waals surface area contributed by atoms with Crippen molar-refractivity contribution < 1.29 is 18.8 Å². The third-order valence-corrected chi connectivity index (χ3v) is 4.21. The summed E-state index contributed by atoms with van der Waals surface area (Å²) in [7, 11) is 3.50. The van der Waals surface area contributed by atoms with E-state index in [4.69, 9.17) is 9.47 Å². The highest BCUT2D eigenvalue weighted by molar-refractivity contribution is 5.87. The van der Waals surface area contributed by atoms with Gasteiger partial charge < -0.3 is 19.7 Å². The lowest BCUT2D eigenvalue weighted by Crippen LogP contribution is -2.15. The fourth-order valence-corrected chi connectivity index (χ4v) is 2.70. The molecule has 0 saturated carbocycles. The fraction of sp³-hybridized carbons (Fsp3) is 0.158. The van der Waals surface area contributed by atoms with Gasteiger partial charge in [0.1, 0.15) is 5.82 Å². The number of ether oxygens (including phenoxy) is 2. The maximum Gasteiger partial charge on any atom is 0.282 e. The van der Waals surface area contributed by atoms with Crippen molar-refractivity contribution in [2.45, 2.75) is 0 Å². The van der Waals surface area contributed by atoms with Crippen LogP contribution in [0.4, 0.5) is 33.6 Å². The second-order valence-corrected chi connectivity index (χ2v) is 6.70. The summed E-state index contributed by atoms with van der Waals surface area (Å²) in [6.45, 7) is -0.00661. The molecule has 13 heteroatoms. The monoisotopic (exact) mass is 440 g/mol. The lowest BCUT2D eigenvalue weighted by Gasteiger charge is -2.13. The van der Waals surface area contributed by atoms with E-state index in [0.29, 0.717) is 23.1 Å². The Labute approximate surface area is 180 Å². The van der Waals surface area contributed by atoms with Crippen LogP contribution in [0, 0.1) is 15.9 Å². The summed E-state index contributed by atoms with van der Waals surface area (Å²) >= 11 is 0. The quantitative estimate of drug-likeness (QED) is 0.320. The first-order valence-electron chi connectivity index (χ1n) is 9.22. The summed E-state index contributed by atoms with van der Waals surface area (Å²) in [5, 5.41) is 18.3. The third-order valence-electron chi connectivity index (χ3n) is 4.21. The third kappa shape index (κ3) is 4.61. The maximum absolute atomic E-state index is 13.1. The van der Waals surface area contributed by atoms with Crippen molar-refractivity contribution >= 4 is 35.4 Å². The van der Waals surface area contributed by atoms with Gasteiger partial charge in [-0.25, -0.2) is 9.82 Å². The molecule has 4 rings (SSSR count). The van der Waals surface area contributed by atoms with E-state index < -0.39 is 4.92 Å². The van der Waals surface area contributed by atoms with E-state index in [1.807, 2.05) is 0 Å². The van der Waals surface area contributed by atoms with Crippen molar-refractivity contribution in [3.8, 4) is 11.5 Å². The van der Waals surface area contributed by atoms with Gasteiger partial charge in [-0.1, -0.05) is 0 Å². The summed E-state index contributed by atoms with van der Waals surface area (Å²) in [5.41, 5.74) is 3.24. The van der Waals surface area contributed by atoms with Crippen molar-refractivity contribution in [2.24, 2.45) is 5.10 Å². The van der Waals surface area contributed by atoms with Crippen molar-refractivity contribution in [1.29, 1.82) is 0 Å². The summed E-state index contributed by atoms with van der Waals surface area (Å²) in [6, 6.07) is 8.43. The van der Waals surface area contributed by atoms with Crippen LogP contribution in [0.3, 0.4) is 0 Å². The van der Waals surface area contributed by atoms with Crippen LogP contribution >= 0.6 is 0 Å². The van der Waals surface area contributed by atoms with Crippen LogP contribution in [0.1, 0.15) is 5.56 Å². The average molecular weight is 440 g/mol. The van der Waals surface area contributed by atoms with E-state index in [1.54, 1.807) is 31.1 Å². The van der Waals surface area contributed by atoms with Crippen molar-refractivity contribution in [1.82, 2.24) is 15.0 Å².